The van der Waals surface area contributed by atoms with Crippen LogP contribution in [-0.2, 0) is 0 Å². The Bertz CT molecular complexity index is 1030. The summed E-state index contributed by atoms with van der Waals surface area (Å²) in [7, 11) is 0. The molecule has 3 N–H and O–H groups in total. The molecule has 2 aromatic heterocycles. The number of nitrogen functional groups attached to an aromatic ring is 1. The van der Waals surface area contributed by atoms with Crippen molar-refractivity contribution in [2.24, 2.45) is 17.8 Å². The number of ether oxygens (including phenoxy) is 2. The van der Waals surface area contributed by atoms with Gasteiger partial charge in [0, 0.05) is 26.1 Å². The number of rotatable bonds is 10. The van der Waals surface area contributed by atoms with Crippen LogP contribution in [0.3, 0.4) is 0 Å². The van der Waals surface area contributed by atoms with E-state index in [1.807, 2.05) is 18.7 Å². The molecule has 1 saturated carbocycles. The summed E-state index contributed by atoms with van der Waals surface area (Å²) >= 11 is 0. The van der Waals surface area contributed by atoms with Crippen LogP contribution in [0, 0.1) is 17.8 Å². The summed E-state index contributed by atoms with van der Waals surface area (Å²) in [6, 6.07) is -0.127. The number of carbonyl (C=O) groups is 1. The van der Waals surface area contributed by atoms with Crippen LogP contribution < -0.4 is 25.4 Å². The van der Waals surface area contributed by atoms with Gasteiger partial charge in [-0.05, 0) is 24.7 Å². The maximum atomic E-state index is 13.3. The summed E-state index contributed by atoms with van der Waals surface area (Å²) < 4.78 is 37.7. The van der Waals surface area contributed by atoms with Crippen molar-refractivity contribution >= 4 is 17.7 Å². The van der Waals surface area contributed by atoms with Crippen molar-refractivity contribution in [1.82, 2.24) is 30.2 Å². The van der Waals surface area contributed by atoms with Gasteiger partial charge in [-0.1, -0.05) is 13.8 Å². The van der Waals surface area contributed by atoms with E-state index in [4.69, 9.17) is 15.2 Å². The van der Waals surface area contributed by atoms with E-state index in [1.165, 1.54) is 12.5 Å². The van der Waals surface area contributed by atoms with Crippen molar-refractivity contribution in [3.8, 4) is 11.8 Å². The summed E-state index contributed by atoms with van der Waals surface area (Å²) in [4.78, 5) is 35.1. The van der Waals surface area contributed by atoms with E-state index in [0.717, 1.165) is 12.8 Å². The molecule has 35 heavy (non-hydrogen) atoms. The number of alkyl halides is 2. The number of aromatic nitrogens is 5. The molecule has 13 heteroatoms. The van der Waals surface area contributed by atoms with Crippen molar-refractivity contribution in [3.63, 3.8) is 0 Å². The minimum absolute atomic E-state index is 0.0989. The number of nitrogens with one attached hydrogen (secondary N) is 1. The summed E-state index contributed by atoms with van der Waals surface area (Å²) in [5.74, 6) is -2.59. The van der Waals surface area contributed by atoms with Gasteiger partial charge in [0.15, 0.2) is 11.6 Å². The molecule has 2 aromatic rings. The lowest BCUT2D eigenvalue weighted by atomic mass is 9.98. The van der Waals surface area contributed by atoms with Crippen LogP contribution in [-0.4, -0.2) is 69.6 Å². The number of nitrogens with zero attached hydrogens (tertiary/aromatic N) is 6. The Labute approximate surface area is 201 Å². The molecule has 1 amide bonds. The Kier molecular flexibility index (Phi) is 7.41. The molecule has 4 rings (SSSR count). The average Bonchev–Trinajstić information content (AvgIpc) is 3.47. The van der Waals surface area contributed by atoms with Crippen LogP contribution in [0.1, 0.15) is 43.7 Å². The van der Waals surface area contributed by atoms with Crippen molar-refractivity contribution in [2.75, 3.05) is 43.5 Å². The molecule has 1 saturated heterocycles. The lowest BCUT2D eigenvalue weighted by Crippen LogP contribution is -2.37. The van der Waals surface area contributed by atoms with Crippen LogP contribution in [0.25, 0.3) is 0 Å². The van der Waals surface area contributed by atoms with E-state index >= 15 is 0 Å². The summed E-state index contributed by atoms with van der Waals surface area (Å²) in [5.41, 5.74) is 5.79. The zero-order valence-electron chi connectivity index (χ0n) is 19.8. The fourth-order valence-corrected chi connectivity index (χ4v) is 3.60. The molecule has 0 radical (unpaired) electrons. The van der Waals surface area contributed by atoms with E-state index in [1.54, 1.807) is 0 Å². The maximum Gasteiger partial charge on any atom is 0.321 e. The predicted molar refractivity (Wildman–Crippen MR) is 122 cm³/mol. The molecular weight excluding hydrogens is 462 g/mol. The van der Waals surface area contributed by atoms with Crippen LogP contribution in [0.15, 0.2) is 12.5 Å². The number of nitrogens with two attached hydrogens (primary N) is 1. The maximum absolute atomic E-state index is 13.3. The van der Waals surface area contributed by atoms with E-state index in [2.05, 4.69) is 30.2 Å². The van der Waals surface area contributed by atoms with E-state index in [9.17, 15) is 13.6 Å². The highest BCUT2D eigenvalue weighted by molar-refractivity contribution is 5.90. The second kappa shape index (κ2) is 10.5. The van der Waals surface area contributed by atoms with Crippen LogP contribution >= 0.6 is 0 Å². The number of hydrogen-bond acceptors (Lipinski definition) is 10. The van der Waals surface area contributed by atoms with Crippen molar-refractivity contribution in [3.05, 3.63) is 18.3 Å². The molecule has 1 aliphatic carbocycles. The molecular formula is C22H30F2N8O3. The Balaban J connectivity index is 1.39. The molecule has 0 spiro atoms. The van der Waals surface area contributed by atoms with Crippen LogP contribution in [0.5, 0.6) is 11.8 Å². The highest BCUT2D eigenvalue weighted by atomic mass is 19.3. The standard InChI is InChI=1S/C22H30F2N8O3/c1-13(2)8-27-19(33)18-29-20(31-21(30-18)35-11-15-7-22(15,23)24)32-5-3-14(4-6-32)10-34-16-9-26-12-28-17(16)25/h9,12-15H,3-8,10-11H2,1-2H3,(H,27,33)(H2,25,26,28). The smallest absolute Gasteiger partial charge is 0.321 e. The Morgan fingerprint density at radius 2 is 1.97 bits per heavy atom. The molecule has 0 bridgehead atoms. The van der Waals surface area contributed by atoms with Crippen molar-refractivity contribution < 1.29 is 23.0 Å². The molecule has 11 nitrogen and oxygen atoms in total. The lowest BCUT2D eigenvalue weighted by molar-refractivity contribution is 0.0835. The first-order valence-electron chi connectivity index (χ1n) is 11.7. The van der Waals surface area contributed by atoms with Gasteiger partial charge in [-0.3, -0.25) is 4.79 Å². The van der Waals surface area contributed by atoms with Gasteiger partial charge in [0.25, 0.3) is 11.8 Å². The minimum atomic E-state index is -2.71. The molecule has 1 atom stereocenters. The first-order chi connectivity index (χ1) is 16.7. The number of amides is 1. The first kappa shape index (κ1) is 24.7. The van der Waals surface area contributed by atoms with E-state index in [-0.39, 0.29) is 42.6 Å². The third-order valence-electron chi connectivity index (χ3n) is 5.93. The Hall–Kier alpha value is -3.38. The molecule has 3 heterocycles. The van der Waals surface area contributed by atoms with Gasteiger partial charge in [-0.25, -0.2) is 18.7 Å². The fourth-order valence-electron chi connectivity index (χ4n) is 3.60. The van der Waals surface area contributed by atoms with Gasteiger partial charge < -0.3 is 25.4 Å². The third-order valence-corrected chi connectivity index (χ3v) is 5.93. The SMILES string of the molecule is CC(C)CNC(=O)c1nc(OCC2CC2(F)F)nc(N2CCC(COc3cncnc3N)CC2)n1. The van der Waals surface area contributed by atoms with Gasteiger partial charge >= 0.3 is 6.01 Å². The molecule has 190 valence electrons. The third kappa shape index (κ3) is 6.61. The zero-order chi connectivity index (χ0) is 25.0. The number of carbonyl (C=O) groups excluding carboxylic acids is 1. The van der Waals surface area contributed by atoms with Gasteiger partial charge in [0.1, 0.15) is 12.9 Å². The topological polar surface area (TPSA) is 141 Å². The average molecular weight is 493 g/mol. The van der Waals surface area contributed by atoms with Crippen molar-refractivity contribution in [1.29, 1.82) is 0 Å². The molecule has 0 aromatic carbocycles. The zero-order valence-corrected chi connectivity index (χ0v) is 19.8. The van der Waals surface area contributed by atoms with Gasteiger partial charge in [-0.15, -0.1) is 0 Å². The highest BCUT2D eigenvalue weighted by Gasteiger charge is 2.57. The summed E-state index contributed by atoms with van der Waals surface area (Å²) in [5, 5.41) is 2.77. The lowest BCUT2D eigenvalue weighted by Gasteiger charge is -2.32. The normalized spacial score (nSPS) is 19.5. The van der Waals surface area contributed by atoms with Crippen LogP contribution in [0.4, 0.5) is 20.5 Å². The monoisotopic (exact) mass is 492 g/mol. The van der Waals surface area contributed by atoms with Gasteiger partial charge in [0.05, 0.1) is 18.7 Å². The van der Waals surface area contributed by atoms with Crippen molar-refractivity contribution in [2.45, 2.75) is 39.0 Å². The largest absolute Gasteiger partial charge is 0.488 e. The second-order valence-electron chi connectivity index (χ2n) is 9.33. The first-order valence-corrected chi connectivity index (χ1v) is 11.7. The van der Waals surface area contributed by atoms with Crippen LogP contribution in [0.2, 0.25) is 0 Å². The second-order valence-corrected chi connectivity index (χ2v) is 9.33. The summed E-state index contributed by atoms with van der Waals surface area (Å²) in [6.07, 6.45) is 4.26. The molecule has 2 fully saturated rings. The Morgan fingerprint density at radius 1 is 1.23 bits per heavy atom. The molecule has 1 aliphatic heterocycles. The van der Waals surface area contributed by atoms with Gasteiger partial charge in [-0.2, -0.15) is 15.0 Å². The van der Waals surface area contributed by atoms with E-state index < -0.39 is 17.7 Å². The number of hydrogen-bond donors (Lipinski definition) is 2. The molecule has 2 aliphatic rings. The quantitative estimate of drug-likeness (QED) is 0.505. The summed E-state index contributed by atoms with van der Waals surface area (Å²) in [6.45, 7) is 5.88. The highest BCUT2D eigenvalue weighted by Crippen LogP contribution is 2.48. The van der Waals surface area contributed by atoms with Gasteiger partial charge in [0.2, 0.25) is 11.8 Å². The number of anilines is 2. The number of halogens is 2. The predicted octanol–water partition coefficient (Wildman–Crippen LogP) is 1.96. The Morgan fingerprint density at radius 3 is 2.63 bits per heavy atom. The minimum Gasteiger partial charge on any atom is -0.488 e. The fraction of sp³-hybridized carbons (Fsp3) is 0.636. The van der Waals surface area contributed by atoms with E-state index in [0.29, 0.717) is 37.8 Å². The number of piperidine rings is 1. The molecule has 1 unspecified atom stereocenters.